The Morgan fingerprint density at radius 1 is 1.23 bits per heavy atom. The molecule has 0 unspecified atom stereocenters. The Morgan fingerprint density at radius 3 is 2.50 bits per heavy atom. The first-order valence-electron chi connectivity index (χ1n) is 8.43. The van der Waals surface area contributed by atoms with Crippen molar-refractivity contribution in [2.45, 2.75) is 25.8 Å². The Labute approximate surface area is 149 Å². The van der Waals surface area contributed by atoms with Gasteiger partial charge in [0, 0.05) is 12.6 Å². The predicted molar refractivity (Wildman–Crippen MR) is 92.1 cm³/mol. The zero-order valence-corrected chi connectivity index (χ0v) is 14.1. The van der Waals surface area contributed by atoms with E-state index < -0.39 is 29.0 Å². The lowest BCUT2D eigenvalue weighted by molar-refractivity contribution is 0.0997. The minimum Gasteiger partial charge on any atom is -0.507 e. The van der Waals surface area contributed by atoms with Crippen LogP contribution in [0.4, 0.5) is 8.78 Å². The molecular weight excluding hydrogens is 342 g/mol. The largest absolute Gasteiger partial charge is 0.507 e. The number of carbonyl (C=O) groups excluding carboxylic acids is 1. The third kappa shape index (κ3) is 4.49. The lowest BCUT2D eigenvalue weighted by Crippen LogP contribution is -2.15. The molecule has 0 bridgehead atoms. The quantitative estimate of drug-likeness (QED) is 0.628. The standard InChI is InChI=1S/C19H20F2N2O3/c20-15-7-12(10-23-6-5-11-1-2-11)8-16(21)18(15)26-13-3-4-14(19(22)25)17(24)9-13/h3-4,7-9,11,23-24H,1-2,5-6,10H2,(H2,22,25). The molecule has 1 fully saturated rings. The molecule has 1 amide bonds. The van der Waals surface area contributed by atoms with Crippen LogP contribution in [0.5, 0.6) is 17.2 Å². The molecule has 2 aromatic rings. The smallest absolute Gasteiger partial charge is 0.252 e. The third-order valence-corrected chi connectivity index (χ3v) is 4.27. The van der Waals surface area contributed by atoms with Gasteiger partial charge in [0.2, 0.25) is 0 Å². The van der Waals surface area contributed by atoms with Crippen molar-refractivity contribution in [1.29, 1.82) is 0 Å². The lowest BCUT2D eigenvalue weighted by Gasteiger charge is -2.11. The molecule has 0 radical (unpaired) electrons. The van der Waals surface area contributed by atoms with Gasteiger partial charge in [0.15, 0.2) is 17.4 Å². The van der Waals surface area contributed by atoms with E-state index in [1.54, 1.807) is 0 Å². The minimum absolute atomic E-state index is 0.0133. The van der Waals surface area contributed by atoms with Crippen molar-refractivity contribution in [3.8, 4) is 17.2 Å². The highest BCUT2D eigenvalue weighted by Gasteiger charge is 2.20. The second-order valence-electron chi connectivity index (χ2n) is 6.44. The first-order valence-corrected chi connectivity index (χ1v) is 8.43. The summed E-state index contributed by atoms with van der Waals surface area (Å²) in [5, 5.41) is 12.9. The average molecular weight is 362 g/mol. The lowest BCUT2D eigenvalue weighted by atomic mass is 10.1. The van der Waals surface area contributed by atoms with Crippen LogP contribution in [0.25, 0.3) is 0 Å². The van der Waals surface area contributed by atoms with Crippen LogP contribution >= 0.6 is 0 Å². The Morgan fingerprint density at radius 2 is 1.92 bits per heavy atom. The molecule has 2 aromatic carbocycles. The van der Waals surface area contributed by atoms with Crippen LogP contribution in [0.3, 0.4) is 0 Å². The molecule has 5 nitrogen and oxygen atoms in total. The van der Waals surface area contributed by atoms with E-state index in [0.29, 0.717) is 12.1 Å². The van der Waals surface area contributed by atoms with Gasteiger partial charge >= 0.3 is 0 Å². The molecule has 4 N–H and O–H groups in total. The summed E-state index contributed by atoms with van der Waals surface area (Å²) >= 11 is 0. The second-order valence-corrected chi connectivity index (χ2v) is 6.44. The van der Waals surface area contributed by atoms with Gasteiger partial charge in [-0.1, -0.05) is 12.8 Å². The maximum absolute atomic E-state index is 14.2. The molecule has 0 atom stereocenters. The van der Waals surface area contributed by atoms with Gasteiger partial charge in [0.05, 0.1) is 5.56 Å². The zero-order chi connectivity index (χ0) is 18.7. The van der Waals surface area contributed by atoms with Gasteiger partial charge in [-0.3, -0.25) is 4.79 Å². The van der Waals surface area contributed by atoms with Crippen LogP contribution < -0.4 is 15.8 Å². The zero-order valence-electron chi connectivity index (χ0n) is 14.1. The number of halogens is 2. The van der Waals surface area contributed by atoms with Crippen molar-refractivity contribution in [1.82, 2.24) is 5.32 Å². The van der Waals surface area contributed by atoms with E-state index in [1.165, 1.54) is 37.1 Å². The summed E-state index contributed by atoms with van der Waals surface area (Å²) in [5.74, 6) is -2.72. The van der Waals surface area contributed by atoms with Gasteiger partial charge < -0.3 is 20.9 Å². The number of aromatic hydroxyl groups is 1. The minimum atomic E-state index is -0.845. The summed E-state index contributed by atoms with van der Waals surface area (Å²) in [7, 11) is 0. The average Bonchev–Trinajstić information content (AvgIpc) is 3.39. The van der Waals surface area contributed by atoms with Crippen molar-refractivity contribution in [2.75, 3.05) is 6.54 Å². The van der Waals surface area contributed by atoms with E-state index in [2.05, 4.69) is 5.32 Å². The maximum Gasteiger partial charge on any atom is 0.252 e. The number of primary amides is 1. The fourth-order valence-corrected chi connectivity index (χ4v) is 2.66. The van der Waals surface area contributed by atoms with E-state index in [0.717, 1.165) is 24.9 Å². The molecule has 0 aromatic heterocycles. The number of nitrogens with two attached hydrogens (primary N) is 1. The molecule has 0 heterocycles. The third-order valence-electron chi connectivity index (χ3n) is 4.27. The molecule has 1 saturated carbocycles. The Hall–Kier alpha value is -2.67. The molecule has 26 heavy (non-hydrogen) atoms. The van der Waals surface area contributed by atoms with Crippen molar-refractivity contribution >= 4 is 5.91 Å². The van der Waals surface area contributed by atoms with Crippen molar-refractivity contribution in [2.24, 2.45) is 11.7 Å². The maximum atomic E-state index is 14.2. The number of carbonyl (C=O) groups is 1. The van der Waals surface area contributed by atoms with Crippen molar-refractivity contribution < 1.29 is 23.4 Å². The number of rotatable bonds is 8. The number of hydrogen-bond acceptors (Lipinski definition) is 4. The summed E-state index contributed by atoms with van der Waals surface area (Å²) in [6.45, 7) is 1.19. The summed E-state index contributed by atoms with van der Waals surface area (Å²) in [5.41, 5.74) is 5.46. The van der Waals surface area contributed by atoms with E-state index in [-0.39, 0.29) is 11.3 Å². The van der Waals surface area contributed by atoms with E-state index in [9.17, 15) is 18.7 Å². The number of ether oxygens (including phenoxy) is 1. The molecule has 1 aliphatic carbocycles. The van der Waals surface area contributed by atoms with Gasteiger partial charge in [0.1, 0.15) is 11.5 Å². The summed E-state index contributed by atoms with van der Waals surface area (Å²) in [6.07, 6.45) is 3.62. The van der Waals surface area contributed by atoms with Gasteiger partial charge in [-0.05, 0) is 48.7 Å². The van der Waals surface area contributed by atoms with Gasteiger partial charge in [-0.25, -0.2) is 8.78 Å². The first kappa shape index (κ1) is 18.1. The van der Waals surface area contributed by atoms with Gasteiger partial charge in [-0.2, -0.15) is 0 Å². The van der Waals surface area contributed by atoms with E-state index >= 15 is 0 Å². The number of nitrogens with one attached hydrogen (secondary N) is 1. The first-order chi connectivity index (χ1) is 12.4. The predicted octanol–water partition coefficient (Wildman–Crippen LogP) is 3.45. The molecule has 7 heteroatoms. The van der Waals surface area contributed by atoms with Crippen LogP contribution in [0.1, 0.15) is 35.2 Å². The van der Waals surface area contributed by atoms with Crippen LogP contribution in [0, 0.1) is 17.6 Å². The van der Waals surface area contributed by atoms with Crippen LogP contribution in [0.15, 0.2) is 30.3 Å². The highest BCUT2D eigenvalue weighted by atomic mass is 19.1. The second kappa shape index (κ2) is 7.70. The topological polar surface area (TPSA) is 84.6 Å². The van der Waals surface area contributed by atoms with Crippen LogP contribution in [0.2, 0.25) is 0 Å². The fourth-order valence-electron chi connectivity index (χ4n) is 2.66. The summed E-state index contributed by atoms with van der Waals surface area (Å²) < 4.78 is 33.6. The number of hydrogen-bond donors (Lipinski definition) is 3. The monoisotopic (exact) mass is 362 g/mol. The summed E-state index contributed by atoms with van der Waals surface area (Å²) in [4.78, 5) is 11.1. The Kier molecular flexibility index (Phi) is 5.37. The Bertz CT molecular complexity index is 799. The summed E-state index contributed by atoms with van der Waals surface area (Å²) in [6, 6.07) is 6.01. The van der Waals surface area contributed by atoms with E-state index in [1.807, 2.05) is 0 Å². The Balaban J connectivity index is 1.67. The molecule has 1 aliphatic rings. The molecule has 3 rings (SSSR count). The van der Waals surface area contributed by atoms with Crippen molar-refractivity contribution in [3.63, 3.8) is 0 Å². The number of amides is 1. The number of phenols is 1. The highest BCUT2D eigenvalue weighted by molar-refractivity contribution is 5.95. The normalized spacial score (nSPS) is 13.6. The van der Waals surface area contributed by atoms with Crippen LogP contribution in [-0.2, 0) is 6.54 Å². The van der Waals surface area contributed by atoms with Crippen LogP contribution in [-0.4, -0.2) is 17.6 Å². The van der Waals surface area contributed by atoms with Gasteiger partial charge in [-0.15, -0.1) is 0 Å². The number of benzene rings is 2. The van der Waals surface area contributed by atoms with Gasteiger partial charge in [0.25, 0.3) is 5.91 Å². The molecule has 0 aliphatic heterocycles. The molecule has 138 valence electrons. The SMILES string of the molecule is NC(=O)c1ccc(Oc2c(F)cc(CNCCC3CC3)cc2F)cc1O. The molecule has 0 spiro atoms. The van der Waals surface area contributed by atoms with Crippen molar-refractivity contribution in [3.05, 3.63) is 53.1 Å². The fraction of sp³-hybridized carbons (Fsp3) is 0.316. The molecular formula is C19H20F2N2O3. The molecule has 0 saturated heterocycles. The van der Waals surface area contributed by atoms with E-state index in [4.69, 9.17) is 10.5 Å². The highest BCUT2D eigenvalue weighted by Crippen LogP contribution is 2.32.